The van der Waals surface area contributed by atoms with Gasteiger partial charge in [0.2, 0.25) is 0 Å². The minimum atomic E-state index is -1.07. The Morgan fingerprint density at radius 2 is 1.86 bits per heavy atom. The van der Waals surface area contributed by atoms with Gasteiger partial charge in [0.15, 0.2) is 11.9 Å². The zero-order valence-electron chi connectivity index (χ0n) is 12.5. The van der Waals surface area contributed by atoms with Crippen molar-refractivity contribution in [3.05, 3.63) is 48.0 Å². The van der Waals surface area contributed by atoms with Crippen LogP contribution in [0.1, 0.15) is 32.3 Å². The molecule has 0 N–H and O–H groups in total. The summed E-state index contributed by atoms with van der Waals surface area (Å²) < 4.78 is 5.43. The number of carbonyl (C=O) groups excluding carboxylic acids is 2. The third-order valence-electron chi connectivity index (χ3n) is 3.79. The highest BCUT2D eigenvalue weighted by atomic mass is 16.6. The fraction of sp³-hybridized carbons (Fsp3) is 0.333. The van der Waals surface area contributed by atoms with Gasteiger partial charge in [0.05, 0.1) is 0 Å². The van der Waals surface area contributed by atoms with Gasteiger partial charge < -0.3 is 4.74 Å². The summed E-state index contributed by atoms with van der Waals surface area (Å²) in [5.74, 6) is -0.343. The molecular weight excluding hydrogens is 264 g/mol. The van der Waals surface area contributed by atoms with Crippen LogP contribution in [0.25, 0.3) is 10.8 Å². The zero-order chi connectivity index (χ0) is 15.3. The van der Waals surface area contributed by atoms with Gasteiger partial charge in [0, 0.05) is 12.8 Å². The molecule has 110 valence electrons. The van der Waals surface area contributed by atoms with Crippen molar-refractivity contribution in [2.45, 2.75) is 38.7 Å². The number of hydrogen-bond donors (Lipinski definition) is 0. The zero-order valence-corrected chi connectivity index (χ0v) is 12.5. The summed E-state index contributed by atoms with van der Waals surface area (Å²) >= 11 is 0. The fourth-order valence-corrected chi connectivity index (χ4v) is 2.45. The van der Waals surface area contributed by atoms with Gasteiger partial charge in [-0.25, -0.2) is 0 Å². The van der Waals surface area contributed by atoms with E-state index in [1.54, 1.807) is 6.92 Å². The van der Waals surface area contributed by atoms with Gasteiger partial charge in [0.25, 0.3) is 0 Å². The molecule has 1 atom stereocenters. The third kappa shape index (κ3) is 3.30. The SMILES string of the molecule is CCC(=O)OC(C=O)(CC)Cc1cccc2ccccc12. The molecule has 0 bridgehead atoms. The normalized spacial score (nSPS) is 13.6. The molecule has 0 amide bonds. The van der Waals surface area contributed by atoms with Gasteiger partial charge in [-0.3, -0.25) is 9.59 Å². The molecule has 3 nitrogen and oxygen atoms in total. The van der Waals surface area contributed by atoms with E-state index in [0.717, 1.165) is 22.6 Å². The summed E-state index contributed by atoms with van der Waals surface area (Å²) in [6, 6.07) is 14.0. The first-order chi connectivity index (χ1) is 10.1. The quantitative estimate of drug-likeness (QED) is 0.600. The van der Waals surface area contributed by atoms with Crippen molar-refractivity contribution in [2.75, 3.05) is 0 Å². The molecule has 0 saturated heterocycles. The minimum absolute atomic E-state index is 0.269. The van der Waals surface area contributed by atoms with Crippen LogP contribution < -0.4 is 0 Å². The molecule has 0 heterocycles. The molecule has 21 heavy (non-hydrogen) atoms. The van der Waals surface area contributed by atoms with Crippen molar-refractivity contribution in [2.24, 2.45) is 0 Å². The van der Waals surface area contributed by atoms with E-state index in [0.29, 0.717) is 12.8 Å². The van der Waals surface area contributed by atoms with Crippen LogP contribution >= 0.6 is 0 Å². The average molecular weight is 284 g/mol. The van der Waals surface area contributed by atoms with Crippen molar-refractivity contribution in [3.8, 4) is 0 Å². The molecule has 2 aromatic rings. The molecule has 2 rings (SSSR count). The highest BCUT2D eigenvalue weighted by Crippen LogP contribution is 2.26. The van der Waals surface area contributed by atoms with Gasteiger partial charge in [-0.05, 0) is 22.8 Å². The molecule has 0 radical (unpaired) electrons. The Morgan fingerprint density at radius 1 is 1.14 bits per heavy atom. The molecule has 1 unspecified atom stereocenters. The van der Waals surface area contributed by atoms with Crippen LogP contribution in [0.3, 0.4) is 0 Å². The maximum absolute atomic E-state index is 11.6. The Hall–Kier alpha value is -2.16. The second kappa shape index (κ2) is 6.53. The second-order valence-corrected chi connectivity index (χ2v) is 5.18. The number of rotatable bonds is 6. The van der Waals surface area contributed by atoms with Gasteiger partial charge in [-0.15, -0.1) is 0 Å². The smallest absolute Gasteiger partial charge is 0.306 e. The van der Waals surface area contributed by atoms with Crippen molar-refractivity contribution >= 4 is 23.0 Å². The van der Waals surface area contributed by atoms with Crippen LogP contribution in [0.2, 0.25) is 0 Å². The summed E-state index contributed by atoms with van der Waals surface area (Å²) in [5, 5.41) is 2.21. The summed E-state index contributed by atoms with van der Waals surface area (Å²) in [6.45, 7) is 3.59. The van der Waals surface area contributed by atoms with Crippen LogP contribution in [0.4, 0.5) is 0 Å². The lowest BCUT2D eigenvalue weighted by Crippen LogP contribution is -2.38. The number of fused-ring (bicyclic) bond motifs is 1. The molecule has 0 spiro atoms. The molecule has 0 aromatic heterocycles. The molecule has 2 aromatic carbocycles. The van der Waals surface area contributed by atoms with E-state index in [1.807, 2.05) is 49.4 Å². The predicted molar refractivity (Wildman–Crippen MR) is 83.1 cm³/mol. The van der Waals surface area contributed by atoms with E-state index in [-0.39, 0.29) is 12.4 Å². The van der Waals surface area contributed by atoms with Gasteiger partial charge >= 0.3 is 5.97 Å². The lowest BCUT2D eigenvalue weighted by atomic mass is 9.90. The minimum Gasteiger partial charge on any atom is -0.451 e. The summed E-state index contributed by atoms with van der Waals surface area (Å²) in [4.78, 5) is 23.2. The number of esters is 1. The van der Waals surface area contributed by atoms with Crippen LogP contribution in [0.5, 0.6) is 0 Å². The topological polar surface area (TPSA) is 43.4 Å². The van der Waals surface area contributed by atoms with E-state index < -0.39 is 5.60 Å². The molecule has 0 aliphatic carbocycles. The maximum atomic E-state index is 11.6. The van der Waals surface area contributed by atoms with E-state index in [2.05, 4.69) is 0 Å². The summed E-state index contributed by atoms with van der Waals surface area (Å²) in [5.41, 5.74) is -0.0528. The Balaban J connectivity index is 2.39. The number of carbonyl (C=O) groups is 2. The first-order valence-corrected chi connectivity index (χ1v) is 7.29. The first-order valence-electron chi connectivity index (χ1n) is 7.29. The van der Waals surface area contributed by atoms with Crippen molar-refractivity contribution < 1.29 is 14.3 Å². The van der Waals surface area contributed by atoms with Crippen LogP contribution in [0, 0.1) is 0 Å². The predicted octanol–water partition coefficient (Wildman–Crippen LogP) is 3.68. The van der Waals surface area contributed by atoms with Crippen molar-refractivity contribution in [1.29, 1.82) is 0 Å². The monoisotopic (exact) mass is 284 g/mol. The lowest BCUT2D eigenvalue weighted by Gasteiger charge is -2.27. The van der Waals surface area contributed by atoms with Crippen molar-refractivity contribution in [3.63, 3.8) is 0 Å². The van der Waals surface area contributed by atoms with Crippen LogP contribution in [0.15, 0.2) is 42.5 Å². The van der Waals surface area contributed by atoms with Gasteiger partial charge in [-0.1, -0.05) is 56.3 Å². The Morgan fingerprint density at radius 3 is 2.52 bits per heavy atom. The van der Waals surface area contributed by atoms with E-state index in [1.165, 1.54) is 0 Å². The van der Waals surface area contributed by atoms with E-state index in [9.17, 15) is 9.59 Å². The standard InChI is InChI=1S/C18H20O3/c1-3-17(20)21-18(4-2,13-19)12-15-10-7-9-14-8-5-6-11-16(14)15/h5-11,13H,3-4,12H2,1-2H3. The first kappa shape index (κ1) is 15.2. The van der Waals surface area contributed by atoms with Crippen LogP contribution in [-0.2, 0) is 20.7 Å². The second-order valence-electron chi connectivity index (χ2n) is 5.18. The lowest BCUT2D eigenvalue weighted by molar-refractivity contribution is -0.162. The molecule has 0 saturated carbocycles. The van der Waals surface area contributed by atoms with E-state index >= 15 is 0 Å². The number of benzene rings is 2. The summed E-state index contributed by atoms with van der Waals surface area (Å²) in [6.07, 6.45) is 1.90. The maximum Gasteiger partial charge on any atom is 0.306 e. The number of hydrogen-bond acceptors (Lipinski definition) is 3. The molecular formula is C18H20O3. The Kier molecular flexibility index (Phi) is 4.73. The largest absolute Gasteiger partial charge is 0.451 e. The number of aldehydes is 1. The highest BCUT2D eigenvalue weighted by molar-refractivity contribution is 5.86. The van der Waals surface area contributed by atoms with E-state index in [4.69, 9.17) is 4.74 Å². The van der Waals surface area contributed by atoms with Gasteiger partial charge in [0.1, 0.15) is 0 Å². The van der Waals surface area contributed by atoms with Crippen molar-refractivity contribution in [1.82, 2.24) is 0 Å². The third-order valence-corrected chi connectivity index (χ3v) is 3.79. The fourth-order valence-electron chi connectivity index (χ4n) is 2.45. The Bertz CT molecular complexity index is 642. The molecule has 0 aliphatic rings. The molecule has 3 heteroatoms. The average Bonchev–Trinajstić information content (AvgIpc) is 2.54. The van der Waals surface area contributed by atoms with Gasteiger partial charge in [-0.2, -0.15) is 0 Å². The van der Waals surface area contributed by atoms with Crippen LogP contribution in [-0.4, -0.2) is 17.9 Å². The highest BCUT2D eigenvalue weighted by Gasteiger charge is 2.32. The molecule has 0 aliphatic heterocycles. The number of ether oxygens (including phenoxy) is 1. The Labute approximate surface area is 124 Å². The molecule has 0 fully saturated rings. The summed E-state index contributed by atoms with van der Waals surface area (Å²) in [7, 11) is 0.